The van der Waals surface area contributed by atoms with Crippen molar-refractivity contribution in [2.75, 3.05) is 0 Å². The summed E-state index contributed by atoms with van der Waals surface area (Å²) in [5.74, 6) is 0.156. The van der Waals surface area contributed by atoms with Gasteiger partial charge in [-0.1, -0.05) is 13.0 Å². The van der Waals surface area contributed by atoms with Crippen LogP contribution in [-0.4, -0.2) is 10.2 Å². The van der Waals surface area contributed by atoms with Crippen LogP contribution in [0.5, 0.6) is 0 Å². The van der Waals surface area contributed by atoms with E-state index in [1.165, 1.54) is 0 Å². The fourth-order valence-electron chi connectivity index (χ4n) is 1.03. The highest BCUT2D eigenvalue weighted by Crippen LogP contribution is 2.18. The van der Waals surface area contributed by atoms with E-state index in [0.717, 1.165) is 5.56 Å². The Bertz CT molecular complexity index is 260. The monoisotopic (exact) mass is 183 g/mol. The van der Waals surface area contributed by atoms with Gasteiger partial charge in [0, 0.05) is 18.8 Å². The first-order chi connectivity index (χ1) is 5.70. The van der Waals surface area contributed by atoms with Gasteiger partial charge in [0.05, 0.1) is 0 Å². The van der Waals surface area contributed by atoms with Gasteiger partial charge in [-0.2, -0.15) is 0 Å². The summed E-state index contributed by atoms with van der Waals surface area (Å²) < 4.78 is 0. The minimum atomic E-state index is -0.300. The molecule has 0 radical (unpaired) electrons. The number of nitrogens with zero attached hydrogens (tertiary/aromatic N) is 1. The highest BCUT2D eigenvalue weighted by atomic mass is 35.5. The van der Waals surface area contributed by atoms with Gasteiger partial charge in [0.25, 0.3) is 0 Å². The Kier molecular flexibility index (Phi) is 3.23. The summed E-state index contributed by atoms with van der Waals surface area (Å²) in [6.07, 6.45) is 3.83. The zero-order valence-electron chi connectivity index (χ0n) is 6.83. The van der Waals surface area contributed by atoms with Gasteiger partial charge in [-0.25, -0.2) is 0 Å². The molecule has 12 heavy (non-hydrogen) atoms. The zero-order chi connectivity index (χ0) is 8.97. The Hall–Kier alpha value is -0.890. The van der Waals surface area contributed by atoms with E-state index in [0.29, 0.717) is 6.42 Å². The van der Waals surface area contributed by atoms with Crippen molar-refractivity contribution in [2.45, 2.75) is 19.3 Å². The zero-order valence-corrected chi connectivity index (χ0v) is 7.58. The van der Waals surface area contributed by atoms with Crippen molar-refractivity contribution in [3.63, 3.8) is 0 Å². The summed E-state index contributed by atoms with van der Waals surface area (Å²) in [7, 11) is 0. The molecular weight excluding hydrogens is 174 g/mol. The van der Waals surface area contributed by atoms with E-state index in [-0.39, 0.29) is 11.2 Å². The van der Waals surface area contributed by atoms with Gasteiger partial charge in [0.15, 0.2) is 0 Å². The van der Waals surface area contributed by atoms with Crippen LogP contribution in [0.3, 0.4) is 0 Å². The third kappa shape index (κ3) is 2.62. The lowest BCUT2D eigenvalue weighted by Crippen LogP contribution is -1.98. The standard InChI is InChI=1S/C9H10ClNO/c1-7(5-9(10)12)8-3-2-4-11-6-8/h2-4,6-7H,5H2,1H3. The number of halogens is 1. The first-order valence-electron chi connectivity index (χ1n) is 3.78. The van der Waals surface area contributed by atoms with Gasteiger partial charge in [-0.3, -0.25) is 9.78 Å². The summed E-state index contributed by atoms with van der Waals surface area (Å²) in [6, 6.07) is 3.79. The maximum atomic E-state index is 10.6. The molecule has 1 atom stereocenters. The molecule has 0 fully saturated rings. The van der Waals surface area contributed by atoms with Crippen LogP contribution in [0.15, 0.2) is 24.5 Å². The van der Waals surface area contributed by atoms with Crippen LogP contribution in [0.1, 0.15) is 24.8 Å². The number of hydrogen-bond acceptors (Lipinski definition) is 2. The molecule has 0 bridgehead atoms. The minimum Gasteiger partial charge on any atom is -0.281 e. The molecule has 0 aromatic carbocycles. The van der Waals surface area contributed by atoms with Crippen molar-refractivity contribution >= 4 is 16.8 Å². The second-order valence-electron chi connectivity index (χ2n) is 2.75. The third-order valence-corrected chi connectivity index (χ3v) is 1.87. The molecule has 0 aliphatic rings. The summed E-state index contributed by atoms with van der Waals surface area (Å²) in [4.78, 5) is 14.5. The Morgan fingerprint density at radius 1 is 1.75 bits per heavy atom. The lowest BCUT2D eigenvalue weighted by atomic mass is 10.0. The van der Waals surface area contributed by atoms with E-state index >= 15 is 0 Å². The van der Waals surface area contributed by atoms with Crippen LogP contribution in [0.4, 0.5) is 0 Å². The fraction of sp³-hybridized carbons (Fsp3) is 0.333. The van der Waals surface area contributed by atoms with Crippen molar-refractivity contribution in [3.8, 4) is 0 Å². The summed E-state index contributed by atoms with van der Waals surface area (Å²) >= 11 is 5.26. The average Bonchev–Trinajstić information content (AvgIpc) is 2.05. The van der Waals surface area contributed by atoms with Crippen LogP contribution >= 0.6 is 11.6 Å². The second kappa shape index (κ2) is 4.21. The Balaban J connectivity index is 2.65. The van der Waals surface area contributed by atoms with E-state index in [9.17, 15) is 4.79 Å². The number of aromatic nitrogens is 1. The number of hydrogen-bond donors (Lipinski definition) is 0. The molecule has 1 rings (SSSR count). The minimum absolute atomic E-state index is 0.156. The molecule has 0 saturated heterocycles. The van der Waals surface area contributed by atoms with E-state index in [2.05, 4.69) is 4.98 Å². The van der Waals surface area contributed by atoms with Gasteiger partial charge in [0.2, 0.25) is 5.24 Å². The van der Waals surface area contributed by atoms with Crippen molar-refractivity contribution in [3.05, 3.63) is 30.1 Å². The van der Waals surface area contributed by atoms with E-state index in [1.807, 2.05) is 19.1 Å². The highest BCUT2D eigenvalue weighted by Gasteiger charge is 2.08. The topological polar surface area (TPSA) is 30.0 Å². The molecule has 0 aliphatic carbocycles. The van der Waals surface area contributed by atoms with Crippen LogP contribution < -0.4 is 0 Å². The van der Waals surface area contributed by atoms with E-state index in [4.69, 9.17) is 11.6 Å². The molecule has 0 spiro atoms. The molecule has 1 aromatic heterocycles. The highest BCUT2D eigenvalue weighted by molar-refractivity contribution is 6.63. The van der Waals surface area contributed by atoms with Crippen molar-refractivity contribution in [1.82, 2.24) is 4.98 Å². The number of carbonyl (C=O) groups is 1. The van der Waals surface area contributed by atoms with Crippen molar-refractivity contribution < 1.29 is 4.79 Å². The molecule has 3 heteroatoms. The maximum Gasteiger partial charge on any atom is 0.222 e. The molecule has 1 aromatic rings. The summed E-state index contributed by atoms with van der Waals surface area (Å²) in [5, 5.41) is -0.300. The van der Waals surface area contributed by atoms with Gasteiger partial charge < -0.3 is 0 Å². The predicted molar refractivity (Wildman–Crippen MR) is 48.1 cm³/mol. The third-order valence-electron chi connectivity index (χ3n) is 1.72. The first-order valence-corrected chi connectivity index (χ1v) is 4.16. The molecule has 0 N–H and O–H groups in total. The average molecular weight is 184 g/mol. The second-order valence-corrected chi connectivity index (χ2v) is 3.17. The van der Waals surface area contributed by atoms with Crippen LogP contribution in [0.2, 0.25) is 0 Å². The smallest absolute Gasteiger partial charge is 0.222 e. The first kappa shape index (κ1) is 9.20. The van der Waals surface area contributed by atoms with Gasteiger partial charge >= 0.3 is 0 Å². The lowest BCUT2D eigenvalue weighted by Gasteiger charge is -2.06. The van der Waals surface area contributed by atoms with Crippen LogP contribution in [0.25, 0.3) is 0 Å². The fourth-order valence-corrected chi connectivity index (χ4v) is 1.26. The normalized spacial score (nSPS) is 12.5. The number of pyridine rings is 1. The van der Waals surface area contributed by atoms with Crippen LogP contribution in [-0.2, 0) is 4.79 Å². The molecular formula is C9H10ClNO. The molecule has 0 aliphatic heterocycles. The largest absolute Gasteiger partial charge is 0.281 e. The molecule has 1 heterocycles. The molecule has 64 valence electrons. The number of carbonyl (C=O) groups excluding carboxylic acids is 1. The summed E-state index contributed by atoms with van der Waals surface area (Å²) in [5.41, 5.74) is 1.05. The summed E-state index contributed by atoms with van der Waals surface area (Å²) in [6.45, 7) is 1.96. The molecule has 1 unspecified atom stereocenters. The van der Waals surface area contributed by atoms with Gasteiger partial charge in [0.1, 0.15) is 0 Å². The quantitative estimate of drug-likeness (QED) is 0.674. The van der Waals surface area contributed by atoms with E-state index < -0.39 is 0 Å². The van der Waals surface area contributed by atoms with Crippen LogP contribution in [0, 0.1) is 0 Å². The van der Waals surface area contributed by atoms with E-state index in [1.54, 1.807) is 12.4 Å². The molecule has 0 saturated carbocycles. The maximum absolute atomic E-state index is 10.6. The Labute approximate surface area is 76.6 Å². The van der Waals surface area contributed by atoms with Gasteiger partial charge in [-0.15, -0.1) is 0 Å². The SMILES string of the molecule is CC(CC(=O)Cl)c1cccnc1. The lowest BCUT2D eigenvalue weighted by molar-refractivity contribution is -0.111. The molecule has 2 nitrogen and oxygen atoms in total. The molecule has 0 amide bonds. The van der Waals surface area contributed by atoms with Crippen molar-refractivity contribution in [1.29, 1.82) is 0 Å². The van der Waals surface area contributed by atoms with Crippen molar-refractivity contribution in [2.24, 2.45) is 0 Å². The Morgan fingerprint density at radius 2 is 2.50 bits per heavy atom. The predicted octanol–water partition coefficient (Wildman–Crippen LogP) is 2.34. The number of rotatable bonds is 3. The van der Waals surface area contributed by atoms with Gasteiger partial charge in [-0.05, 0) is 29.1 Å². The Morgan fingerprint density at radius 3 is 3.00 bits per heavy atom.